The second-order valence-electron chi connectivity index (χ2n) is 7.11. The summed E-state index contributed by atoms with van der Waals surface area (Å²) in [7, 11) is 0. The summed E-state index contributed by atoms with van der Waals surface area (Å²) in [5.41, 5.74) is 8.25. The number of esters is 1. The molecule has 5 heteroatoms. The maximum atomic E-state index is 12.3. The maximum Gasteiger partial charge on any atom is 0.338 e. The number of nitrogens with two attached hydrogens (primary N) is 1. The Balaban J connectivity index is 1.44. The van der Waals surface area contributed by atoms with Gasteiger partial charge in [-0.25, -0.2) is 4.79 Å². The van der Waals surface area contributed by atoms with Gasteiger partial charge in [0.2, 0.25) is 0 Å². The van der Waals surface area contributed by atoms with E-state index in [-0.39, 0.29) is 12.1 Å². The number of aryl methyl sites for hydroxylation is 1. The molecule has 3 rings (SSSR count). The summed E-state index contributed by atoms with van der Waals surface area (Å²) in [5.74, 6) is 1.05. The zero-order valence-electron chi connectivity index (χ0n) is 16.5. The molecule has 5 nitrogen and oxygen atoms in total. The molecular formula is C23H29NO4. The van der Waals surface area contributed by atoms with Crippen molar-refractivity contribution >= 4 is 11.7 Å². The first-order chi connectivity index (χ1) is 13.7. The molecule has 0 bridgehead atoms. The SMILES string of the molecule is CCc1ccc(OCCCOc2cc(C(=O)OC3CCCC3)ccc2N)cc1. The second-order valence-corrected chi connectivity index (χ2v) is 7.11. The van der Waals surface area contributed by atoms with Crippen LogP contribution in [-0.4, -0.2) is 25.3 Å². The number of benzene rings is 2. The van der Waals surface area contributed by atoms with Crippen molar-refractivity contribution in [2.45, 2.75) is 51.6 Å². The molecule has 1 aliphatic rings. The third kappa shape index (κ3) is 5.65. The smallest absolute Gasteiger partial charge is 0.338 e. The maximum absolute atomic E-state index is 12.3. The summed E-state index contributed by atoms with van der Waals surface area (Å²) in [5, 5.41) is 0. The van der Waals surface area contributed by atoms with E-state index in [2.05, 4.69) is 19.1 Å². The van der Waals surface area contributed by atoms with Gasteiger partial charge in [0.05, 0.1) is 24.5 Å². The summed E-state index contributed by atoms with van der Waals surface area (Å²) in [4.78, 5) is 12.3. The molecule has 0 amide bonds. The number of ether oxygens (including phenoxy) is 3. The quantitative estimate of drug-likeness (QED) is 0.383. The highest BCUT2D eigenvalue weighted by atomic mass is 16.5. The van der Waals surface area contributed by atoms with E-state index in [1.54, 1.807) is 18.2 Å². The molecule has 0 atom stereocenters. The Hall–Kier alpha value is -2.69. The van der Waals surface area contributed by atoms with Crippen molar-refractivity contribution in [3.63, 3.8) is 0 Å². The van der Waals surface area contributed by atoms with Crippen LogP contribution in [0.3, 0.4) is 0 Å². The van der Waals surface area contributed by atoms with E-state index in [4.69, 9.17) is 19.9 Å². The molecule has 0 saturated heterocycles. The number of hydrogen-bond acceptors (Lipinski definition) is 5. The van der Waals surface area contributed by atoms with Gasteiger partial charge in [-0.1, -0.05) is 19.1 Å². The van der Waals surface area contributed by atoms with Crippen LogP contribution in [0.25, 0.3) is 0 Å². The predicted molar refractivity (Wildman–Crippen MR) is 110 cm³/mol. The monoisotopic (exact) mass is 383 g/mol. The Morgan fingerprint density at radius 2 is 1.75 bits per heavy atom. The Kier molecular flexibility index (Phi) is 7.18. The van der Waals surface area contributed by atoms with Crippen LogP contribution in [0.15, 0.2) is 42.5 Å². The van der Waals surface area contributed by atoms with Crippen LogP contribution < -0.4 is 15.2 Å². The van der Waals surface area contributed by atoms with Gasteiger partial charge in [-0.2, -0.15) is 0 Å². The van der Waals surface area contributed by atoms with Crippen molar-refractivity contribution in [3.05, 3.63) is 53.6 Å². The largest absolute Gasteiger partial charge is 0.493 e. The minimum absolute atomic E-state index is 0.0398. The molecule has 1 fully saturated rings. The van der Waals surface area contributed by atoms with Crippen molar-refractivity contribution in [3.8, 4) is 11.5 Å². The van der Waals surface area contributed by atoms with Gasteiger partial charge in [0.1, 0.15) is 17.6 Å². The molecule has 2 N–H and O–H groups in total. The van der Waals surface area contributed by atoms with Crippen LogP contribution in [0.4, 0.5) is 5.69 Å². The average Bonchev–Trinajstić information content (AvgIpc) is 3.22. The summed E-state index contributed by atoms with van der Waals surface area (Å²) in [6, 6.07) is 13.1. The van der Waals surface area contributed by atoms with Crippen LogP contribution in [-0.2, 0) is 11.2 Å². The molecule has 0 unspecified atom stereocenters. The molecule has 1 aliphatic carbocycles. The lowest BCUT2D eigenvalue weighted by Crippen LogP contribution is -2.15. The van der Waals surface area contributed by atoms with Gasteiger partial charge in [0.15, 0.2) is 0 Å². The van der Waals surface area contributed by atoms with Gasteiger partial charge >= 0.3 is 5.97 Å². The topological polar surface area (TPSA) is 70.8 Å². The summed E-state index contributed by atoms with van der Waals surface area (Å²) < 4.78 is 17.0. The lowest BCUT2D eigenvalue weighted by Gasteiger charge is -2.13. The fourth-order valence-electron chi connectivity index (χ4n) is 3.26. The Bertz CT molecular complexity index is 767. The van der Waals surface area contributed by atoms with Crippen molar-refractivity contribution in [2.75, 3.05) is 18.9 Å². The molecule has 2 aromatic carbocycles. The number of anilines is 1. The standard InChI is InChI=1S/C23H29NO4/c1-2-17-8-11-19(12-9-17)26-14-5-15-27-22-16-18(10-13-21(22)24)23(25)28-20-6-3-4-7-20/h8-13,16,20H,2-7,14-15,24H2,1H3. The van der Waals surface area contributed by atoms with E-state index >= 15 is 0 Å². The van der Waals surface area contributed by atoms with Gasteiger partial charge in [-0.05, 0) is 68.0 Å². The number of carbonyl (C=O) groups excluding carboxylic acids is 1. The fourth-order valence-corrected chi connectivity index (χ4v) is 3.26. The molecule has 150 valence electrons. The number of nitrogen functional groups attached to an aromatic ring is 1. The highest BCUT2D eigenvalue weighted by Crippen LogP contribution is 2.26. The Labute approximate surface area is 166 Å². The minimum atomic E-state index is -0.310. The molecule has 2 aromatic rings. The molecule has 28 heavy (non-hydrogen) atoms. The molecule has 0 heterocycles. The van der Waals surface area contributed by atoms with Gasteiger partial charge < -0.3 is 19.9 Å². The predicted octanol–water partition coefficient (Wildman–Crippen LogP) is 4.78. The van der Waals surface area contributed by atoms with Crippen LogP contribution in [0.1, 0.15) is 54.9 Å². The van der Waals surface area contributed by atoms with Crippen molar-refractivity contribution < 1.29 is 19.0 Å². The molecular weight excluding hydrogens is 354 g/mol. The number of rotatable bonds is 9. The van der Waals surface area contributed by atoms with Crippen molar-refractivity contribution in [1.82, 2.24) is 0 Å². The first-order valence-electron chi connectivity index (χ1n) is 10.1. The number of hydrogen-bond donors (Lipinski definition) is 1. The molecule has 0 spiro atoms. The zero-order valence-corrected chi connectivity index (χ0v) is 16.5. The van der Waals surface area contributed by atoms with E-state index in [0.29, 0.717) is 36.6 Å². The van der Waals surface area contributed by atoms with Crippen LogP contribution in [0.5, 0.6) is 11.5 Å². The Morgan fingerprint density at radius 3 is 2.46 bits per heavy atom. The van der Waals surface area contributed by atoms with E-state index in [0.717, 1.165) is 37.9 Å². The zero-order chi connectivity index (χ0) is 19.8. The van der Waals surface area contributed by atoms with E-state index < -0.39 is 0 Å². The van der Waals surface area contributed by atoms with Crippen LogP contribution >= 0.6 is 0 Å². The lowest BCUT2D eigenvalue weighted by molar-refractivity contribution is 0.0317. The fraction of sp³-hybridized carbons (Fsp3) is 0.435. The molecule has 0 aliphatic heterocycles. The lowest BCUT2D eigenvalue weighted by atomic mass is 10.2. The Morgan fingerprint density at radius 1 is 1.04 bits per heavy atom. The third-order valence-electron chi connectivity index (χ3n) is 4.97. The molecule has 0 aromatic heterocycles. The normalized spacial score (nSPS) is 14.0. The van der Waals surface area contributed by atoms with Gasteiger partial charge in [-0.3, -0.25) is 0 Å². The summed E-state index contributed by atoms with van der Waals surface area (Å²) >= 11 is 0. The average molecular weight is 383 g/mol. The first kappa shape index (κ1) is 20.1. The minimum Gasteiger partial charge on any atom is -0.493 e. The van der Waals surface area contributed by atoms with E-state index in [9.17, 15) is 4.79 Å². The summed E-state index contributed by atoms with van der Waals surface area (Å²) in [6.45, 7) is 3.13. The summed E-state index contributed by atoms with van der Waals surface area (Å²) in [6.07, 6.45) is 5.92. The van der Waals surface area contributed by atoms with Crippen molar-refractivity contribution in [1.29, 1.82) is 0 Å². The van der Waals surface area contributed by atoms with Gasteiger partial charge in [-0.15, -0.1) is 0 Å². The highest BCUT2D eigenvalue weighted by Gasteiger charge is 2.20. The van der Waals surface area contributed by atoms with Gasteiger partial charge in [0.25, 0.3) is 0 Å². The molecule has 0 radical (unpaired) electrons. The first-order valence-corrected chi connectivity index (χ1v) is 10.1. The van der Waals surface area contributed by atoms with E-state index in [1.807, 2.05) is 12.1 Å². The molecule has 1 saturated carbocycles. The number of carbonyl (C=O) groups is 1. The highest BCUT2D eigenvalue weighted by molar-refractivity contribution is 5.90. The second kappa shape index (κ2) is 10.0. The van der Waals surface area contributed by atoms with Crippen LogP contribution in [0, 0.1) is 0 Å². The third-order valence-corrected chi connectivity index (χ3v) is 4.97. The van der Waals surface area contributed by atoms with E-state index in [1.165, 1.54) is 5.56 Å². The van der Waals surface area contributed by atoms with Crippen molar-refractivity contribution in [2.24, 2.45) is 0 Å². The van der Waals surface area contributed by atoms with Crippen LogP contribution in [0.2, 0.25) is 0 Å². The van der Waals surface area contributed by atoms with Gasteiger partial charge in [0, 0.05) is 6.42 Å².